The molecule has 18 heavy (non-hydrogen) atoms. The minimum atomic E-state index is -3.60. The second-order valence-electron chi connectivity index (χ2n) is 3.72. The second kappa shape index (κ2) is 5.87. The molecule has 0 saturated heterocycles. The van der Waals surface area contributed by atoms with E-state index in [1.54, 1.807) is 6.92 Å². The molecule has 0 saturated carbocycles. The van der Waals surface area contributed by atoms with Crippen molar-refractivity contribution in [1.82, 2.24) is 4.31 Å². The van der Waals surface area contributed by atoms with Gasteiger partial charge in [0.05, 0.1) is 4.34 Å². The lowest BCUT2D eigenvalue weighted by molar-refractivity contribution is 0.313. The van der Waals surface area contributed by atoms with Gasteiger partial charge in [-0.3, -0.25) is 0 Å². The quantitative estimate of drug-likeness (QED) is 0.373. The first-order chi connectivity index (χ1) is 8.28. The van der Waals surface area contributed by atoms with Gasteiger partial charge < -0.3 is 10.9 Å². The van der Waals surface area contributed by atoms with Crippen molar-refractivity contribution in [3.05, 3.63) is 16.5 Å². The Labute approximate surface area is 115 Å². The molecule has 3 N–H and O–H groups in total. The number of oxime groups is 1. The lowest BCUT2D eigenvalue weighted by Gasteiger charge is -2.22. The summed E-state index contributed by atoms with van der Waals surface area (Å²) in [7, 11) is -2.15. The monoisotopic (exact) mass is 311 g/mol. The van der Waals surface area contributed by atoms with Crippen LogP contribution in [0, 0.1) is 0 Å². The largest absolute Gasteiger partial charge is 0.409 e. The number of sulfonamides is 1. The predicted octanol–water partition coefficient (Wildman–Crippen LogP) is 1.55. The molecule has 0 radical (unpaired) electrons. The molecule has 1 unspecified atom stereocenters. The average molecular weight is 312 g/mol. The molecule has 1 rings (SSSR count). The van der Waals surface area contributed by atoms with Crippen molar-refractivity contribution in [3.8, 4) is 0 Å². The van der Waals surface area contributed by atoms with Crippen LogP contribution in [0.25, 0.3) is 0 Å². The molecule has 6 nitrogen and oxygen atoms in total. The summed E-state index contributed by atoms with van der Waals surface area (Å²) in [5, 5.41) is 11.3. The van der Waals surface area contributed by atoms with Gasteiger partial charge in [-0.15, -0.1) is 11.3 Å². The molecule has 0 amide bonds. The molecule has 0 aliphatic carbocycles. The molecule has 0 spiro atoms. The van der Waals surface area contributed by atoms with E-state index in [0.717, 1.165) is 11.3 Å². The Balaban J connectivity index is 2.92. The van der Waals surface area contributed by atoms with Gasteiger partial charge in [0.15, 0.2) is 0 Å². The third kappa shape index (κ3) is 3.35. The first-order valence-electron chi connectivity index (χ1n) is 4.98. The molecule has 1 heterocycles. The van der Waals surface area contributed by atoms with Gasteiger partial charge in [-0.1, -0.05) is 16.8 Å². The molecule has 9 heteroatoms. The van der Waals surface area contributed by atoms with Crippen molar-refractivity contribution in [1.29, 1.82) is 0 Å². The lowest BCUT2D eigenvalue weighted by Crippen LogP contribution is -2.37. The number of thiophene rings is 1. The number of hydrogen-bond donors (Lipinski definition) is 2. The summed E-state index contributed by atoms with van der Waals surface area (Å²) in [6.07, 6.45) is 0.144. The fraction of sp³-hybridized carbons (Fsp3) is 0.444. The van der Waals surface area contributed by atoms with Gasteiger partial charge in [0.2, 0.25) is 0 Å². The van der Waals surface area contributed by atoms with Gasteiger partial charge in [-0.25, -0.2) is 8.42 Å². The van der Waals surface area contributed by atoms with E-state index in [-0.39, 0.29) is 16.5 Å². The fourth-order valence-electron chi connectivity index (χ4n) is 1.29. The third-order valence-electron chi connectivity index (χ3n) is 2.44. The van der Waals surface area contributed by atoms with Crippen molar-refractivity contribution in [2.45, 2.75) is 23.6 Å². The summed E-state index contributed by atoms with van der Waals surface area (Å²) < 4.78 is 26.1. The highest BCUT2D eigenvalue weighted by atomic mass is 35.5. The third-order valence-corrected chi connectivity index (χ3v) is 6.11. The van der Waals surface area contributed by atoms with Gasteiger partial charge in [0.25, 0.3) is 10.0 Å². The van der Waals surface area contributed by atoms with Crippen molar-refractivity contribution in [2.24, 2.45) is 10.9 Å². The van der Waals surface area contributed by atoms with Crippen molar-refractivity contribution >= 4 is 38.8 Å². The van der Waals surface area contributed by atoms with Crippen LogP contribution in [0.15, 0.2) is 21.5 Å². The maximum absolute atomic E-state index is 12.2. The van der Waals surface area contributed by atoms with Crippen LogP contribution < -0.4 is 5.73 Å². The van der Waals surface area contributed by atoms with Crippen LogP contribution in [0.2, 0.25) is 4.34 Å². The normalized spacial score (nSPS) is 15.0. The van der Waals surface area contributed by atoms with Crippen molar-refractivity contribution in [2.75, 3.05) is 7.05 Å². The Morgan fingerprint density at radius 2 is 2.28 bits per heavy atom. The van der Waals surface area contributed by atoms with Crippen LogP contribution in [0.3, 0.4) is 0 Å². The molecule has 1 aromatic rings. The summed E-state index contributed by atoms with van der Waals surface area (Å²) in [6, 6.07) is 2.56. The maximum atomic E-state index is 12.2. The molecular weight excluding hydrogens is 298 g/mol. The number of nitrogens with two attached hydrogens (primary N) is 1. The number of hydrogen-bond acceptors (Lipinski definition) is 5. The van der Waals surface area contributed by atoms with E-state index in [1.807, 2.05) is 0 Å². The van der Waals surface area contributed by atoms with E-state index in [4.69, 9.17) is 22.5 Å². The van der Waals surface area contributed by atoms with E-state index in [9.17, 15) is 8.42 Å². The number of halogens is 1. The molecule has 0 aliphatic rings. The van der Waals surface area contributed by atoms with Crippen LogP contribution in [0.4, 0.5) is 0 Å². The van der Waals surface area contributed by atoms with E-state index in [1.165, 1.54) is 23.5 Å². The summed E-state index contributed by atoms with van der Waals surface area (Å²) in [4.78, 5) is 0. The minimum Gasteiger partial charge on any atom is -0.409 e. The Bertz CT molecular complexity index is 541. The summed E-state index contributed by atoms with van der Waals surface area (Å²) in [5.74, 6) is -0.0197. The van der Waals surface area contributed by atoms with Crippen LogP contribution in [0.5, 0.6) is 0 Å². The molecule has 0 fully saturated rings. The number of rotatable bonds is 5. The van der Waals surface area contributed by atoms with Gasteiger partial charge >= 0.3 is 0 Å². The first-order valence-corrected chi connectivity index (χ1v) is 7.62. The zero-order valence-corrected chi connectivity index (χ0v) is 12.3. The zero-order chi connectivity index (χ0) is 13.9. The minimum absolute atomic E-state index is 0.0197. The van der Waals surface area contributed by atoms with E-state index in [2.05, 4.69) is 5.16 Å². The highest BCUT2D eigenvalue weighted by Gasteiger charge is 2.27. The van der Waals surface area contributed by atoms with Gasteiger partial charge in [0.1, 0.15) is 10.0 Å². The molecule has 0 bridgehead atoms. The highest BCUT2D eigenvalue weighted by molar-refractivity contribution is 7.91. The highest BCUT2D eigenvalue weighted by Crippen LogP contribution is 2.28. The number of nitrogens with zero attached hydrogens (tertiary/aromatic N) is 2. The predicted molar refractivity (Wildman–Crippen MR) is 71.8 cm³/mol. The topological polar surface area (TPSA) is 96.0 Å². The molecular formula is C9H14ClN3O3S2. The molecule has 0 aromatic carbocycles. The summed E-state index contributed by atoms with van der Waals surface area (Å²) in [6.45, 7) is 1.67. The van der Waals surface area contributed by atoms with E-state index >= 15 is 0 Å². The number of amidine groups is 1. The first kappa shape index (κ1) is 15.2. The SMILES string of the molecule is CC(CC(N)=NO)N(C)S(=O)(=O)c1ccc(Cl)s1. The molecule has 1 aromatic heterocycles. The maximum Gasteiger partial charge on any atom is 0.252 e. The Kier molecular flexibility index (Phi) is 4.97. The summed E-state index contributed by atoms with van der Waals surface area (Å²) in [5.41, 5.74) is 5.36. The van der Waals surface area contributed by atoms with E-state index < -0.39 is 16.1 Å². The van der Waals surface area contributed by atoms with Gasteiger partial charge in [-0.2, -0.15) is 4.31 Å². The van der Waals surface area contributed by atoms with Crippen LogP contribution in [0.1, 0.15) is 13.3 Å². The van der Waals surface area contributed by atoms with Gasteiger partial charge in [0, 0.05) is 19.5 Å². The Hall–Kier alpha value is -0.830. The standard InChI is InChI=1S/C9H14ClN3O3S2/c1-6(5-8(11)12-14)13(2)18(15,16)9-4-3-7(10)17-9/h3-4,6,14H,5H2,1-2H3,(H2,11,12). The second-order valence-corrected chi connectivity index (χ2v) is 7.66. The smallest absolute Gasteiger partial charge is 0.252 e. The van der Waals surface area contributed by atoms with Crippen LogP contribution in [-0.2, 0) is 10.0 Å². The molecule has 0 aliphatic heterocycles. The Morgan fingerprint density at radius 3 is 2.72 bits per heavy atom. The summed E-state index contributed by atoms with van der Waals surface area (Å²) >= 11 is 6.71. The average Bonchev–Trinajstić information content (AvgIpc) is 2.75. The molecule has 102 valence electrons. The zero-order valence-electron chi connectivity index (χ0n) is 9.87. The van der Waals surface area contributed by atoms with Crippen LogP contribution >= 0.6 is 22.9 Å². The van der Waals surface area contributed by atoms with Crippen molar-refractivity contribution in [3.63, 3.8) is 0 Å². The fourth-order valence-corrected chi connectivity index (χ4v) is 4.32. The van der Waals surface area contributed by atoms with E-state index in [0.29, 0.717) is 4.34 Å². The van der Waals surface area contributed by atoms with Crippen molar-refractivity contribution < 1.29 is 13.6 Å². The molecule has 1 atom stereocenters. The Morgan fingerprint density at radius 1 is 1.67 bits per heavy atom. The van der Waals surface area contributed by atoms with Crippen LogP contribution in [-0.4, -0.2) is 36.9 Å². The van der Waals surface area contributed by atoms with Gasteiger partial charge in [-0.05, 0) is 19.1 Å². The lowest BCUT2D eigenvalue weighted by atomic mass is 10.2.